The first-order valence-corrected chi connectivity index (χ1v) is 6.26. The Morgan fingerprint density at radius 1 is 1.47 bits per heavy atom. The summed E-state index contributed by atoms with van der Waals surface area (Å²) in [5.41, 5.74) is 8.36. The number of aryl methyl sites for hydroxylation is 2. The van der Waals surface area contributed by atoms with E-state index in [1.807, 2.05) is 31.0 Å². The Morgan fingerprint density at radius 2 is 2.24 bits per heavy atom. The molecule has 92 valence electrons. The van der Waals surface area contributed by atoms with Gasteiger partial charge in [-0.3, -0.25) is 4.68 Å². The van der Waals surface area contributed by atoms with Gasteiger partial charge in [-0.1, -0.05) is 0 Å². The Labute approximate surface area is 104 Å². The smallest absolute Gasteiger partial charge is 0.163 e. The molecular weight excluding hydrogens is 236 g/mol. The Morgan fingerprint density at radius 3 is 2.76 bits per heavy atom. The van der Waals surface area contributed by atoms with Crippen LogP contribution in [-0.2, 0) is 20.2 Å². The number of hydrogen-bond donors (Lipinski definition) is 1. The van der Waals surface area contributed by atoms with Gasteiger partial charge in [0, 0.05) is 19.0 Å². The van der Waals surface area contributed by atoms with Crippen LogP contribution in [0.3, 0.4) is 0 Å². The lowest BCUT2D eigenvalue weighted by Gasteiger charge is -2.04. The van der Waals surface area contributed by atoms with E-state index in [0.29, 0.717) is 13.2 Å². The zero-order valence-electron chi connectivity index (χ0n) is 10.2. The van der Waals surface area contributed by atoms with Gasteiger partial charge >= 0.3 is 0 Å². The van der Waals surface area contributed by atoms with Gasteiger partial charge in [-0.2, -0.15) is 5.10 Å². The zero-order valence-corrected chi connectivity index (χ0v) is 11.0. The molecule has 0 saturated heterocycles. The first-order chi connectivity index (χ1) is 8.11. The molecule has 6 heteroatoms. The van der Waals surface area contributed by atoms with Crippen LogP contribution in [0.15, 0.2) is 5.38 Å². The van der Waals surface area contributed by atoms with Gasteiger partial charge in [0.2, 0.25) is 0 Å². The normalized spacial score (nSPS) is 10.8. The molecule has 0 aliphatic carbocycles. The van der Waals surface area contributed by atoms with E-state index in [9.17, 15) is 0 Å². The maximum Gasteiger partial charge on any atom is 0.163 e. The quantitative estimate of drug-likeness (QED) is 0.896. The fourth-order valence-corrected chi connectivity index (χ4v) is 2.28. The van der Waals surface area contributed by atoms with Crippen molar-refractivity contribution < 1.29 is 4.74 Å². The van der Waals surface area contributed by atoms with Crippen LogP contribution in [0.2, 0.25) is 0 Å². The number of nitrogens with two attached hydrogens (primary N) is 1. The van der Waals surface area contributed by atoms with Gasteiger partial charge in [0.25, 0.3) is 0 Å². The van der Waals surface area contributed by atoms with Gasteiger partial charge in [0.1, 0.15) is 17.3 Å². The second kappa shape index (κ2) is 4.85. The number of ether oxygens (including phenoxy) is 1. The van der Waals surface area contributed by atoms with Crippen molar-refractivity contribution >= 4 is 11.3 Å². The molecule has 2 aromatic rings. The summed E-state index contributed by atoms with van der Waals surface area (Å²) in [5.74, 6) is 0.842. The van der Waals surface area contributed by atoms with Crippen LogP contribution < -0.4 is 10.5 Å². The van der Waals surface area contributed by atoms with Gasteiger partial charge in [0.15, 0.2) is 5.75 Å². The highest BCUT2D eigenvalue weighted by atomic mass is 32.1. The summed E-state index contributed by atoms with van der Waals surface area (Å²) in [6.45, 7) is 4.87. The minimum atomic E-state index is 0.462. The molecule has 0 unspecified atom stereocenters. The third-order valence-electron chi connectivity index (χ3n) is 2.58. The molecule has 0 atom stereocenters. The maximum absolute atomic E-state index is 5.75. The predicted molar refractivity (Wildman–Crippen MR) is 67.0 cm³/mol. The van der Waals surface area contributed by atoms with Crippen molar-refractivity contribution in [1.82, 2.24) is 14.8 Å². The maximum atomic E-state index is 5.75. The van der Waals surface area contributed by atoms with Crippen LogP contribution >= 0.6 is 11.3 Å². The molecular formula is C11H16N4OS. The minimum absolute atomic E-state index is 0.462. The molecule has 0 aliphatic rings. The fraction of sp³-hybridized carbons (Fsp3) is 0.455. The standard InChI is InChI=1S/C11H16N4OS/c1-7-11(8(2)15(3)14-7)16-5-9-6-17-10(4-12)13-9/h6H,4-5,12H2,1-3H3. The number of hydrogen-bond acceptors (Lipinski definition) is 5. The molecule has 0 fully saturated rings. The Kier molecular flexibility index (Phi) is 3.44. The summed E-state index contributed by atoms with van der Waals surface area (Å²) in [6, 6.07) is 0. The molecule has 0 saturated carbocycles. The Hall–Kier alpha value is -1.40. The van der Waals surface area contributed by atoms with E-state index < -0.39 is 0 Å². The lowest BCUT2D eigenvalue weighted by Crippen LogP contribution is -2.00. The lowest BCUT2D eigenvalue weighted by molar-refractivity contribution is 0.297. The molecule has 17 heavy (non-hydrogen) atoms. The third kappa shape index (κ3) is 2.48. The predicted octanol–water partition coefficient (Wildman–Crippen LogP) is 1.53. The fourth-order valence-electron chi connectivity index (χ4n) is 1.62. The highest BCUT2D eigenvalue weighted by Gasteiger charge is 2.11. The second-order valence-corrected chi connectivity index (χ2v) is 4.79. The molecule has 5 nitrogen and oxygen atoms in total. The topological polar surface area (TPSA) is 66.0 Å². The van der Waals surface area contributed by atoms with Crippen molar-refractivity contribution in [3.05, 3.63) is 27.5 Å². The lowest BCUT2D eigenvalue weighted by atomic mass is 10.3. The van der Waals surface area contributed by atoms with Crippen molar-refractivity contribution in [3.63, 3.8) is 0 Å². The van der Waals surface area contributed by atoms with E-state index in [1.165, 1.54) is 0 Å². The molecule has 2 heterocycles. The molecule has 2 aromatic heterocycles. The van der Waals surface area contributed by atoms with E-state index >= 15 is 0 Å². The SMILES string of the molecule is Cc1nn(C)c(C)c1OCc1csc(CN)n1. The minimum Gasteiger partial charge on any atom is -0.483 e. The van der Waals surface area contributed by atoms with Gasteiger partial charge < -0.3 is 10.5 Å². The number of rotatable bonds is 4. The molecule has 0 spiro atoms. The van der Waals surface area contributed by atoms with Gasteiger partial charge in [0.05, 0.1) is 11.4 Å². The molecule has 2 N–H and O–H groups in total. The monoisotopic (exact) mass is 252 g/mol. The van der Waals surface area contributed by atoms with Crippen molar-refractivity contribution in [2.24, 2.45) is 12.8 Å². The summed E-state index contributed by atoms with van der Waals surface area (Å²) >= 11 is 1.56. The van der Waals surface area contributed by atoms with E-state index in [1.54, 1.807) is 11.3 Å². The summed E-state index contributed by atoms with van der Waals surface area (Å²) < 4.78 is 7.57. The van der Waals surface area contributed by atoms with E-state index in [4.69, 9.17) is 10.5 Å². The highest BCUT2D eigenvalue weighted by molar-refractivity contribution is 7.09. The average molecular weight is 252 g/mol. The van der Waals surface area contributed by atoms with Crippen LogP contribution in [0.4, 0.5) is 0 Å². The van der Waals surface area contributed by atoms with E-state index in [0.717, 1.165) is 27.8 Å². The second-order valence-electron chi connectivity index (χ2n) is 3.85. The number of aromatic nitrogens is 3. The third-order valence-corrected chi connectivity index (χ3v) is 3.50. The Balaban J connectivity index is 2.07. The number of nitrogens with zero attached hydrogens (tertiary/aromatic N) is 3. The molecule has 2 rings (SSSR count). The van der Waals surface area contributed by atoms with Crippen molar-refractivity contribution in [2.75, 3.05) is 0 Å². The summed E-state index contributed by atoms with van der Waals surface area (Å²) in [6.07, 6.45) is 0. The molecule has 0 bridgehead atoms. The van der Waals surface area contributed by atoms with Crippen molar-refractivity contribution in [1.29, 1.82) is 0 Å². The zero-order chi connectivity index (χ0) is 12.4. The van der Waals surface area contributed by atoms with Gasteiger partial charge in [-0.05, 0) is 13.8 Å². The van der Waals surface area contributed by atoms with Crippen molar-refractivity contribution in [2.45, 2.75) is 27.0 Å². The number of thiazole rings is 1. The van der Waals surface area contributed by atoms with Crippen LogP contribution in [0.5, 0.6) is 5.75 Å². The highest BCUT2D eigenvalue weighted by Crippen LogP contribution is 2.22. The van der Waals surface area contributed by atoms with Crippen LogP contribution in [0, 0.1) is 13.8 Å². The van der Waals surface area contributed by atoms with Crippen molar-refractivity contribution in [3.8, 4) is 5.75 Å². The largest absolute Gasteiger partial charge is 0.483 e. The van der Waals surface area contributed by atoms with Crippen LogP contribution in [0.1, 0.15) is 22.1 Å². The molecule has 0 amide bonds. The van der Waals surface area contributed by atoms with E-state index in [-0.39, 0.29) is 0 Å². The van der Waals surface area contributed by atoms with Gasteiger partial charge in [-0.15, -0.1) is 11.3 Å². The van der Waals surface area contributed by atoms with Crippen LogP contribution in [0.25, 0.3) is 0 Å². The summed E-state index contributed by atoms with van der Waals surface area (Å²) in [7, 11) is 1.91. The molecule has 0 aliphatic heterocycles. The first-order valence-electron chi connectivity index (χ1n) is 5.38. The average Bonchev–Trinajstić information content (AvgIpc) is 2.84. The van der Waals surface area contributed by atoms with E-state index in [2.05, 4.69) is 10.1 Å². The van der Waals surface area contributed by atoms with Crippen LogP contribution in [-0.4, -0.2) is 14.8 Å². The summed E-state index contributed by atoms with van der Waals surface area (Å²) in [5, 5.41) is 7.21. The Bertz CT molecular complexity index is 518. The van der Waals surface area contributed by atoms with Gasteiger partial charge in [-0.25, -0.2) is 4.98 Å². The summed E-state index contributed by atoms with van der Waals surface area (Å²) in [4.78, 5) is 4.35. The first kappa shape index (κ1) is 12.1. The molecule has 0 radical (unpaired) electrons. The molecule has 0 aromatic carbocycles.